The molecular formula is C17H14N4OS2. The molecule has 120 valence electrons. The average molecular weight is 354 g/mol. The van der Waals surface area contributed by atoms with Gasteiger partial charge >= 0.3 is 0 Å². The van der Waals surface area contributed by atoms with Crippen LogP contribution in [0.1, 0.15) is 21.7 Å². The monoisotopic (exact) mass is 354 g/mol. The minimum Gasteiger partial charge on any atom is -0.345 e. The molecule has 0 aliphatic heterocycles. The molecular weight excluding hydrogens is 340 g/mol. The number of carbonyl (C=O) groups is 1. The quantitative estimate of drug-likeness (QED) is 0.607. The topological polar surface area (TPSA) is 59.3 Å². The summed E-state index contributed by atoms with van der Waals surface area (Å²) in [5.74, 6) is -0.178. The molecule has 4 aromatic rings. The fraction of sp³-hybridized carbons (Fsp3) is 0.118. The van der Waals surface area contributed by atoms with E-state index >= 15 is 0 Å². The average Bonchev–Trinajstić information content (AvgIpc) is 3.30. The Kier molecular flexibility index (Phi) is 3.87. The number of fused-ring (bicyclic) bond motifs is 1. The molecule has 0 aromatic carbocycles. The zero-order valence-electron chi connectivity index (χ0n) is 12.9. The van der Waals surface area contributed by atoms with Gasteiger partial charge in [-0.2, -0.15) is 0 Å². The van der Waals surface area contributed by atoms with E-state index in [9.17, 15) is 4.79 Å². The van der Waals surface area contributed by atoms with Gasteiger partial charge in [0.05, 0.1) is 17.1 Å². The molecule has 0 atom stereocenters. The Balaban J connectivity index is 1.46. The van der Waals surface area contributed by atoms with E-state index in [1.807, 2.05) is 53.4 Å². The molecule has 1 amide bonds. The van der Waals surface area contributed by atoms with Crippen LogP contribution in [-0.4, -0.2) is 20.3 Å². The van der Waals surface area contributed by atoms with Gasteiger partial charge < -0.3 is 9.72 Å². The summed E-state index contributed by atoms with van der Waals surface area (Å²) in [5, 5.41) is 7.55. The minimum atomic E-state index is -0.178. The molecule has 0 aliphatic carbocycles. The van der Waals surface area contributed by atoms with E-state index in [2.05, 4.69) is 15.3 Å². The van der Waals surface area contributed by atoms with Crippen molar-refractivity contribution in [3.05, 3.63) is 64.4 Å². The lowest BCUT2D eigenvalue weighted by Gasteiger charge is -1.99. The van der Waals surface area contributed by atoms with Crippen molar-refractivity contribution in [3.8, 4) is 9.88 Å². The van der Waals surface area contributed by atoms with E-state index in [-0.39, 0.29) is 5.91 Å². The second-order valence-electron chi connectivity index (χ2n) is 5.40. The van der Waals surface area contributed by atoms with Crippen molar-refractivity contribution in [2.45, 2.75) is 13.5 Å². The molecule has 0 saturated heterocycles. The lowest BCUT2D eigenvalue weighted by atomic mass is 10.3. The van der Waals surface area contributed by atoms with Crippen LogP contribution in [0.15, 0.2) is 47.4 Å². The largest absolute Gasteiger partial charge is 0.345 e. The first-order valence-electron chi connectivity index (χ1n) is 7.41. The molecule has 7 heteroatoms. The number of aryl methyl sites for hydroxylation is 1. The number of nitrogens with one attached hydrogen (secondary N) is 1. The number of aromatic nitrogens is 3. The highest BCUT2D eigenvalue weighted by Crippen LogP contribution is 2.27. The second-order valence-corrected chi connectivity index (χ2v) is 7.21. The number of rotatable bonds is 4. The summed E-state index contributed by atoms with van der Waals surface area (Å²) < 4.78 is 1.97. The predicted molar refractivity (Wildman–Crippen MR) is 96.5 cm³/mol. The van der Waals surface area contributed by atoms with E-state index in [0.29, 0.717) is 12.2 Å². The number of imidazole rings is 1. The van der Waals surface area contributed by atoms with Crippen molar-refractivity contribution < 1.29 is 4.79 Å². The fourth-order valence-corrected chi connectivity index (χ4v) is 4.01. The SMILES string of the molecule is Cc1ccc2nc(CNC(=O)c3csc(-c4cccs4)n3)cn2c1. The molecule has 0 spiro atoms. The molecule has 4 heterocycles. The number of nitrogens with zero attached hydrogens (tertiary/aromatic N) is 3. The van der Waals surface area contributed by atoms with Crippen LogP contribution in [-0.2, 0) is 6.54 Å². The van der Waals surface area contributed by atoms with E-state index in [4.69, 9.17) is 0 Å². The van der Waals surface area contributed by atoms with Gasteiger partial charge in [-0.1, -0.05) is 12.1 Å². The van der Waals surface area contributed by atoms with E-state index in [1.54, 1.807) is 16.7 Å². The summed E-state index contributed by atoms with van der Waals surface area (Å²) in [4.78, 5) is 22.3. The number of thiazole rings is 1. The van der Waals surface area contributed by atoms with Crippen molar-refractivity contribution in [3.63, 3.8) is 0 Å². The Hall–Kier alpha value is -2.51. The number of pyridine rings is 1. The van der Waals surface area contributed by atoms with Gasteiger partial charge in [0, 0.05) is 17.8 Å². The van der Waals surface area contributed by atoms with Crippen LogP contribution in [0, 0.1) is 6.92 Å². The van der Waals surface area contributed by atoms with Gasteiger partial charge in [-0.15, -0.1) is 22.7 Å². The normalized spacial score (nSPS) is 11.0. The molecule has 0 unspecified atom stereocenters. The maximum atomic E-state index is 12.3. The predicted octanol–water partition coefficient (Wildman–Crippen LogP) is 3.76. The maximum absolute atomic E-state index is 12.3. The third kappa shape index (κ3) is 2.95. The van der Waals surface area contributed by atoms with Gasteiger partial charge in [-0.3, -0.25) is 4.79 Å². The Morgan fingerprint density at radius 3 is 2.96 bits per heavy atom. The van der Waals surface area contributed by atoms with Crippen LogP contribution in [0.25, 0.3) is 15.5 Å². The van der Waals surface area contributed by atoms with Gasteiger partial charge in [-0.05, 0) is 30.0 Å². The summed E-state index contributed by atoms with van der Waals surface area (Å²) >= 11 is 3.10. The van der Waals surface area contributed by atoms with Crippen molar-refractivity contribution in [1.82, 2.24) is 19.7 Å². The first kappa shape index (κ1) is 15.0. The minimum absolute atomic E-state index is 0.178. The Bertz CT molecular complexity index is 1000. The lowest BCUT2D eigenvalue weighted by Crippen LogP contribution is -2.23. The van der Waals surface area contributed by atoms with Crippen LogP contribution in [0.3, 0.4) is 0 Å². The number of hydrogen-bond acceptors (Lipinski definition) is 5. The third-order valence-corrected chi connectivity index (χ3v) is 5.43. The highest BCUT2D eigenvalue weighted by molar-refractivity contribution is 7.20. The molecule has 0 bridgehead atoms. The first-order valence-corrected chi connectivity index (χ1v) is 9.17. The highest BCUT2D eigenvalue weighted by atomic mass is 32.1. The van der Waals surface area contributed by atoms with Gasteiger partial charge in [0.2, 0.25) is 0 Å². The number of hydrogen-bond donors (Lipinski definition) is 1. The van der Waals surface area contributed by atoms with E-state index < -0.39 is 0 Å². The van der Waals surface area contributed by atoms with E-state index in [1.165, 1.54) is 16.9 Å². The number of amides is 1. The van der Waals surface area contributed by atoms with Crippen LogP contribution >= 0.6 is 22.7 Å². The molecule has 0 aliphatic rings. The maximum Gasteiger partial charge on any atom is 0.271 e. The zero-order chi connectivity index (χ0) is 16.5. The molecule has 5 nitrogen and oxygen atoms in total. The molecule has 24 heavy (non-hydrogen) atoms. The molecule has 4 aromatic heterocycles. The van der Waals surface area contributed by atoms with Crippen molar-refractivity contribution >= 4 is 34.2 Å². The van der Waals surface area contributed by atoms with Gasteiger partial charge in [-0.25, -0.2) is 9.97 Å². The third-order valence-electron chi connectivity index (χ3n) is 3.55. The van der Waals surface area contributed by atoms with Crippen molar-refractivity contribution in [1.29, 1.82) is 0 Å². The van der Waals surface area contributed by atoms with Gasteiger partial charge in [0.25, 0.3) is 5.91 Å². The zero-order valence-corrected chi connectivity index (χ0v) is 14.5. The molecule has 0 saturated carbocycles. The Labute approximate surface area is 146 Å². The molecule has 1 N–H and O–H groups in total. The molecule has 0 fully saturated rings. The van der Waals surface area contributed by atoms with Crippen LogP contribution in [0.2, 0.25) is 0 Å². The van der Waals surface area contributed by atoms with Crippen molar-refractivity contribution in [2.75, 3.05) is 0 Å². The lowest BCUT2D eigenvalue weighted by molar-refractivity contribution is 0.0946. The van der Waals surface area contributed by atoms with Crippen LogP contribution in [0.4, 0.5) is 0 Å². The van der Waals surface area contributed by atoms with Gasteiger partial charge in [0.1, 0.15) is 16.3 Å². The Morgan fingerprint density at radius 2 is 2.12 bits per heavy atom. The second kappa shape index (κ2) is 6.18. The summed E-state index contributed by atoms with van der Waals surface area (Å²) in [7, 11) is 0. The molecule has 4 rings (SSSR count). The van der Waals surface area contributed by atoms with E-state index in [0.717, 1.165) is 21.2 Å². The first-order chi connectivity index (χ1) is 11.7. The summed E-state index contributed by atoms with van der Waals surface area (Å²) in [5.41, 5.74) is 3.31. The summed E-state index contributed by atoms with van der Waals surface area (Å²) in [6, 6.07) is 7.97. The van der Waals surface area contributed by atoms with Crippen LogP contribution < -0.4 is 5.32 Å². The number of thiophene rings is 1. The highest BCUT2D eigenvalue weighted by Gasteiger charge is 2.12. The summed E-state index contributed by atoms with van der Waals surface area (Å²) in [6.07, 6.45) is 3.95. The fourth-order valence-electron chi connectivity index (χ4n) is 2.39. The smallest absolute Gasteiger partial charge is 0.271 e. The number of carbonyl (C=O) groups excluding carboxylic acids is 1. The van der Waals surface area contributed by atoms with Crippen molar-refractivity contribution in [2.24, 2.45) is 0 Å². The standard InChI is InChI=1S/C17H14N4OS2/c1-11-4-5-15-19-12(9-21(15)8-11)7-18-16(22)13-10-24-17(20-13)14-3-2-6-23-14/h2-6,8-10H,7H2,1H3,(H,18,22). The summed E-state index contributed by atoms with van der Waals surface area (Å²) in [6.45, 7) is 2.42. The molecule has 0 radical (unpaired) electrons. The van der Waals surface area contributed by atoms with Gasteiger partial charge in [0.15, 0.2) is 0 Å². The van der Waals surface area contributed by atoms with Crippen LogP contribution in [0.5, 0.6) is 0 Å². The Morgan fingerprint density at radius 1 is 1.21 bits per heavy atom.